The molecule has 0 aromatic carbocycles. The number of carboxylic acids is 1. The lowest BCUT2D eigenvalue weighted by atomic mass is 10.1. The van der Waals surface area contributed by atoms with Crippen molar-refractivity contribution in [2.24, 2.45) is 5.92 Å². The van der Waals surface area contributed by atoms with E-state index in [2.05, 4.69) is 4.72 Å². The summed E-state index contributed by atoms with van der Waals surface area (Å²) in [6.45, 7) is 3.69. The molecule has 0 amide bonds. The molecule has 0 aliphatic carbocycles. The number of carboxylic acid groups (broad SMARTS) is 1. The molecule has 1 atom stereocenters. The molecular formula is C10H15NO4S2. The zero-order valence-corrected chi connectivity index (χ0v) is 11.2. The molecule has 2 N–H and O–H groups in total. The summed E-state index contributed by atoms with van der Waals surface area (Å²) >= 11 is 1.06. The zero-order chi connectivity index (χ0) is 13.1. The number of sulfonamides is 1. The van der Waals surface area contributed by atoms with Gasteiger partial charge in [0.05, 0.1) is 0 Å². The molecule has 1 aromatic heterocycles. The summed E-state index contributed by atoms with van der Waals surface area (Å²) in [7, 11) is -3.72. The second kappa shape index (κ2) is 5.61. The lowest BCUT2D eigenvalue weighted by Gasteiger charge is -2.15. The van der Waals surface area contributed by atoms with Gasteiger partial charge >= 0.3 is 5.97 Å². The van der Waals surface area contributed by atoms with Crippen LogP contribution in [0.1, 0.15) is 20.3 Å². The summed E-state index contributed by atoms with van der Waals surface area (Å²) in [5.74, 6) is -1.05. The molecule has 96 valence electrons. The van der Waals surface area contributed by atoms with Crippen LogP contribution in [0.15, 0.2) is 21.7 Å². The van der Waals surface area contributed by atoms with Crippen LogP contribution in [-0.4, -0.2) is 25.5 Å². The standard InChI is InChI=1S/C10H15NO4S2/c1-7(2)6-8(10(12)13)11-17(14,15)9-4-3-5-16-9/h3-5,7-8,11H,6H2,1-2H3,(H,12,13)/t8-/m1/s1. The third kappa shape index (κ3) is 4.10. The Morgan fingerprint density at radius 3 is 2.59 bits per heavy atom. The van der Waals surface area contributed by atoms with Crippen molar-refractivity contribution in [1.29, 1.82) is 0 Å². The van der Waals surface area contributed by atoms with E-state index in [0.717, 1.165) is 11.3 Å². The molecule has 0 bridgehead atoms. The van der Waals surface area contributed by atoms with E-state index in [1.807, 2.05) is 13.8 Å². The van der Waals surface area contributed by atoms with Crippen LogP contribution in [0.2, 0.25) is 0 Å². The number of hydrogen-bond donors (Lipinski definition) is 2. The maximum absolute atomic E-state index is 11.8. The summed E-state index contributed by atoms with van der Waals surface area (Å²) < 4.78 is 26.0. The van der Waals surface area contributed by atoms with Gasteiger partial charge in [0.1, 0.15) is 10.3 Å². The molecule has 0 saturated heterocycles. The topological polar surface area (TPSA) is 83.5 Å². The first-order chi connectivity index (χ1) is 7.83. The van der Waals surface area contributed by atoms with Gasteiger partial charge in [0.25, 0.3) is 10.0 Å². The molecule has 0 fully saturated rings. The third-order valence-electron chi connectivity index (χ3n) is 2.06. The van der Waals surface area contributed by atoms with E-state index < -0.39 is 22.0 Å². The minimum absolute atomic E-state index is 0.0992. The molecular weight excluding hydrogens is 262 g/mol. The number of aliphatic carboxylic acids is 1. The molecule has 0 unspecified atom stereocenters. The van der Waals surface area contributed by atoms with Gasteiger partial charge in [-0.25, -0.2) is 8.42 Å². The van der Waals surface area contributed by atoms with Crippen molar-refractivity contribution in [1.82, 2.24) is 4.72 Å². The summed E-state index contributed by atoms with van der Waals surface area (Å²) in [6, 6.07) is 1.97. The van der Waals surface area contributed by atoms with Crippen molar-refractivity contribution in [3.63, 3.8) is 0 Å². The Morgan fingerprint density at radius 1 is 1.53 bits per heavy atom. The fourth-order valence-corrected chi connectivity index (χ4v) is 3.54. The van der Waals surface area contributed by atoms with Gasteiger partial charge < -0.3 is 5.11 Å². The monoisotopic (exact) mass is 277 g/mol. The Bertz CT molecular complexity index is 465. The van der Waals surface area contributed by atoms with Crippen LogP contribution < -0.4 is 4.72 Å². The summed E-state index contributed by atoms with van der Waals surface area (Å²) in [4.78, 5) is 11.0. The van der Waals surface area contributed by atoms with E-state index >= 15 is 0 Å². The van der Waals surface area contributed by atoms with Crippen LogP contribution in [0.25, 0.3) is 0 Å². The van der Waals surface area contributed by atoms with Crippen LogP contribution in [0.3, 0.4) is 0 Å². The van der Waals surface area contributed by atoms with E-state index in [9.17, 15) is 13.2 Å². The third-order valence-corrected chi connectivity index (χ3v) is 4.93. The highest BCUT2D eigenvalue weighted by atomic mass is 32.2. The van der Waals surface area contributed by atoms with E-state index in [-0.39, 0.29) is 16.5 Å². The first-order valence-electron chi connectivity index (χ1n) is 5.11. The van der Waals surface area contributed by atoms with Crippen molar-refractivity contribution in [3.8, 4) is 0 Å². The number of rotatable bonds is 6. The molecule has 0 radical (unpaired) electrons. The fraction of sp³-hybridized carbons (Fsp3) is 0.500. The maximum Gasteiger partial charge on any atom is 0.321 e. The molecule has 0 aliphatic heterocycles. The quantitative estimate of drug-likeness (QED) is 0.826. The molecule has 0 spiro atoms. The smallest absolute Gasteiger partial charge is 0.321 e. The molecule has 1 heterocycles. The highest BCUT2D eigenvalue weighted by molar-refractivity contribution is 7.91. The largest absolute Gasteiger partial charge is 0.480 e. The Hall–Kier alpha value is -0.920. The Kier molecular flexibility index (Phi) is 4.67. The van der Waals surface area contributed by atoms with Gasteiger partial charge in [0.2, 0.25) is 0 Å². The summed E-state index contributed by atoms with van der Waals surface area (Å²) in [5.41, 5.74) is 0. The average molecular weight is 277 g/mol. The molecule has 0 aliphatic rings. The van der Waals surface area contributed by atoms with Crippen molar-refractivity contribution < 1.29 is 18.3 Å². The number of carbonyl (C=O) groups is 1. The normalized spacial score (nSPS) is 13.8. The van der Waals surface area contributed by atoms with Gasteiger partial charge in [-0.2, -0.15) is 4.72 Å². The summed E-state index contributed by atoms with van der Waals surface area (Å²) in [6.07, 6.45) is 0.264. The van der Waals surface area contributed by atoms with Crippen LogP contribution in [-0.2, 0) is 14.8 Å². The second-order valence-electron chi connectivity index (χ2n) is 4.07. The average Bonchev–Trinajstić information content (AvgIpc) is 2.68. The molecule has 7 heteroatoms. The molecule has 1 aromatic rings. The van der Waals surface area contributed by atoms with Gasteiger partial charge in [-0.15, -0.1) is 11.3 Å². The molecule has 1 rings (SSSR count). The predicted molar refractivity (Wildman–Crippen MR) is 65.5 cm³/mol. The van der Waals surface area contributed by atoms with Gasteiger partial charge in [0.15, 0.2) is 0 Å². The first kappa shape index (κ1) is 14.1. The van der Waals surface area contributed by atoms with Crippen LogP contribution in [0.5, 0.6) is 0 Å². The number of nitrogens with one attached hydrogen (secondary N) is 1. The minimum atomic E-state index is -3.72. The van der Waals surface area contributed by atoms with Gasteiger partial charge in [-0.3, -0.25) is 4.79 Å². The number of thiophene rings is 1. The van der Waals surface area contributed by atoms with Crippen molar-refractivity contribution in [2.75, 3.05) is 0 Å². The SMILES string of the molecule is CC(C)C[C@@H](NS(=O)(=O)c1cccs1)C(=O)O. The summed E-state index contributed by atoms with van der Waals surface area (Å²) in [5, 5.41) is 10.6. The van der Waals surface area contributed by atoms with Crippen LogP contribution in [0, 0.1) is 5.92 Å². The van der Waals surface area contributed by atoms with Crippen LogP contribution in [0.4, 0.5) is 0 Å². The fourth-order valence-electron chi connectivity index (χ4n) is 1.33. The van der Waals surface area contributed by atoms with Crippen molar-refractivity contribution >= 4 is 27.3 Å². The van der Waals surface area contributed by atoms with Crippen molar-refractivity contribution in [2.45, 2.75) is 30.5 Å². The van der Waals surface area contributed by atoms with E-state index in [4.69, 9.17) is 5.11 Å². The Balaban J connectivity index is 2.84. The van der Waals surface area contributed by atoms with Gasteiger partial charge in [-0.05, 0) is 23.8 Å². The first-order valence-corrected chi connectivity index (χ1v) is 7.48. The number of hydrogen-bond acceptors (Lipinski definition) is 4. The highest BCUT2D eigenvalue weighted by Crippen LogP contribution is 2.17. The van der Waals surface area contributed by atoms with Crippen molar-refractivity contribution in [3.05, 3.63) is 17.5 Å². The highest BCUT2D eigenvalue weighted by Gasteiger charge is 2.26. The predicted octanol–water partition coefficient (Wildman–Crippen LogP) is 1.53. The van der Waals surface area contributed by atoms with E-state index in [0.29, 0.717) is 0 Å². The van der Waals surface area contributed by atoms with Crippen LogP contribution >= 0.6 is 11.3 Å². The minimum Gasteiger partial charge on any atom is -0.480 e. The van der Waals surface area contributed by atoms with Gasteiger partial charge in [-0.1, -0.05) is 19.9 Å². The molecule has 0 saturated carbocycles. The maximum atomic E-state index is 11.8. The Morgan fingerprint density at radius 2 is 2.18 bits per heavy atom. The Labute approximate surface area is 105 Å². The zero-order valence-electron chi connectivity index (χ0n) is 9.58. The molecule has 5 nitrogen and oxygen atoms in total. The second-order valence-corrected chi connectivity index (χ2v) is 6.96. The van der Waals surface area contributed by atoms with E-state index in [1.165, 1.54) is 6.07 Å². The molecule has 17 heavy (non-hydrogen) atoms. The van der Waals surface area contributed by atoms with E-state index in [1.54, 1.807) is 11.4 Å². The van der Waals surface area contributed by atoms with Gasteiger partial charge in [0, 0.05) is 0 Å². The lowest BCUT2D eigenvalue weighted by molar-refractivity contribution is -0.139. The lowest BCUT2D eigenvalue weighted by Crippen LogP contribution is -2.41.